The lowest BCUT2D eigenvalue weighted by Gasteiger charge is -2.39. The molecule has 2 nitrogen and oxygen atoms in total. The van der Waals surface area contributed by atoms with E-state index in [0.717, 1.165) is 6.54 Å². The van der Waals surface area contributed by atoms with Crippen LogP contribution in [0.5, 0.6) is 0 Å². The predicted octanol–water partition coefficient (Wildman–Crippen LogP) is 1.51. The van der Waals surface area contributed by atoms with Crippen molar-refractivity contribution in [1.29, 1.82) is 0 Å². The van der Waals surface area contributed by atoms with Gasteiger partial charge < -0.3 is 17.0 Å². The van der Waals surface area contributed by atoms with Crippen molar-refractivity contribution in [2.75, 3.05) is 13.1 Å². The molecule has 0 amide bonds. The number of hydrogen-bond acceptors (Lipinski definition) is 1. The molecular weight excluding hydrogens is 348 g/mol. The van der Waals surface area contributed by atoms with Gasteiger partial charge in [0.05, 0.1) is 6.04 Å². The SMILES string of the molecule is CCCN1CCn2c3c(c4cc(Br)ccc42)CCCC31.[Cl-]. The number of hydrogen-bond donors (Lipinski definition) is 0. The quantitative estimate of drug-likeness (QED) is 0.780. The monoisotopic (exact) mass is 367 g/mol. The summed E-state index contributed by atoms with van der Waals surface area (Å²) in [5.74, 6) is 0. The van der Waals surface area contributed by atoms with E-state index in [0.29, 0.717) is 6.04 Å². The highest BCUT2D eigenvalue weighted by molar-refractivity contribution is 9.10. The van der Waals surface area contributed by atoms with Gasteiger partial charge in [-0.1, -0.05) is 22.9 Å². The zero-order valence-corrected chi connectivity index (χ0v) is 14.8. The number of aromatic nitrogens is 1. The molecule has 21 heavy (non-hydrogen) atoms. The summed E-state index contributed by atoms with van der Waals surface area (Å²) in [6, 6.07) is 7.47. The van der Waals surface area contributed by atoms with Gasteiger partial charge in [0.15, 0.2) is 0 Å². The van der Waals surface area contributed by atoms with E-state index < -0.39 is 0 Å². The number of rotatable bonds is 2. The standard InChI is InChI=1S/C17H21BrN2.ClH/c1-2-8-19-9-10-20-15-7-6-12(18)11-14(15)13-4-3-5-16(19)17(13)20;/h6-7,11,16H,2-5,8-10H2,1H3;1H/p-1. The first kappa shape index (κ1) is 15.4. The average Bonchev–Trinajstić information content (AvgIpc) is 2.78. The molecule has 0 saturated carbocycles. The summed E-state index contributed by atoms with van der Waals surface area (Å²) in [4.78, 5) is 2.71. The van der Waals surface area contributed by atoms with E-state index in [2.05, 4.69) is 50.5 Å². The molecule has 1 aromatic carbocycles. The van der Waals surface area contributed by atoms with Crippen LogP contribution in [0.4, 0.5) is 0 Å². The fourth-order valence-electron chi connectivity index (χ4n) is 4.20. The maximum Gasteiger partial charge on any atom is 0.0504 e. The Morgan fingerprint density at radius 2 is 2.14 bits per heavy atom. The predicted molar refractivity (Wildman–Crippen MR) is 87.2 cm³/mol. The summed E-state index contributed by atoms with van der Waals surface area (Å²) in [6.07, 6.45) is 5.19. The molecule has 2 aromatic rings. The van der Waals surface area contributed by atoms with Gasteiger partial charge >= 0.3 is 0 Å². The molecule has 2 aliphatic rings. The third-order valence-electron chi connectivity index (χ3n) is 4.96. The van der Waals surface area contributed by atoms with Crippen LogP contribution in [0.15, 0.2) is 22.7 Å². The highest BCUT2D eigenvalue weighted by Gasteiger charge is 2.34. The Bertz CT molecular complexity index is 664. The summed E-state index contributed by atoms with van der Waals surface area (Å²) in [6.45, 7) is 5.91. The highest BCUT2D eigenvalue weighted by Crippen LogP contribution is 2.42. The number of aryl methyl sites for hydroxylation is 1. The molecule has 0 fully saturated rings. The van der Waals surface area contributed by atoms with Crippen molar-refractivity contribution in [3.05, 3.63) is 33.9 Å². The zero-order chi connectivity index (χ0) is 13.7. The Hall–Kier alpha value is -0.510. The maximum atomic E-state index is 3.64. The lowest BCUT2D eigenvalue weighted by atomic mass is 9.89. The first-order chi connectivity index (χ1) is 9.79. The minimum absolute atomic E-state index is 0. The van der Waals surface area contributed by atoms with Crippen molar-refractivity contribution in [2.45, 2.75) is 45.2 Å². The molecule has 0 spiro atoms. The third-order valence-corrected chi connectivity index (χ3v) is 5.45. The molecule has 4 heteroatoms. The smallest absolute Gasteiger partial charge is 0.0504 e. The Morgan fingerprint density at radius 3 is 2.95 bits per heavy atom. The van der Waals surface area contributed by atoms with Crippen LogP contribution >= 0.6 is 15.9 Å². The summed E-state index contributed by atoms with van der Waals surface area (Å²) in [5.41, 5.74) is 4.70. The Kier molecular flexibility index (Phi) is 4.35. The zero-order valence-electron chi connectivity index (χ0n) is 12.4. The van der Waals surface area contributed by atoms with Gasteiger partial charge in [0.25, 0.3) is 0 Å². The van der Waals surface area contributed by atoms with Crippen molar-refractivity contribution in [1.82, 2.24) is 9.47 Å². The van der Waals surface area contributed by atoms with E-state index in [4.69, 9.17) is 0 Å². The first-order valence-electron chi connectivity index (χ1n) is 7.84. The number of halogens is 2. The molecule has 1 aliphatic carbocycles. The van der Waals surface area contributed by atoms with Crippen LogP contribution in [-0.2, 0) is 13.0 Å². The fourth-order valence-corrected chi connectivity index (χ4v) is 4.57. The van der Waals surface area contributed by atoms with E-state index in [1.165, 1.54) is 54.1 Å². The molecule has 114 valence electrons. The molecule has 2 heterocycles. The summed E-state index contributed by atoms with van der Waals surface area (Å²) in [7, 11) is 0. The second-order valence-corrected chi connectivity index (χ2v) is 7.04. The van der Waals surface area contributed by atoms with Crippen molar-refractivity contribution in [3.63, 3.8) is 0 Å². The fraction of sp³-hybridized carbons (Fsp3) is 0.529. The van der Waals surface area contributed by atoms with Crippen LogP contribution < -0.4 is 12.4 Å². The third kappa shape index (κ3) is 2.34. The first-order valence-corrected chi connectivity index (χ1v) is 8.63. The molecule has 1 atom stereocenters. The van der Waals surface area contributed by atoms with E-state index >= 15 is 0 Å². The van der Waals surface area contributed by atoms with Gasteiger partial charge in [-0.05, 0) is 56.0 Å². The normalized spacial score (nSPS) is 21.1. The summed E-state index contributed by atoms with van der Waals surface area (Å²) >= 11 is 3.64. The van der Waals surface area contributed by atoms with Crippen LogP contribution in [-0.4, -0.2) is 22.6 Å². The lowest BCUT2D eigenvalue weighted by Crippen LogP contribution is -3.00. The average molecular weight is 369 g/mol. The second kappa shape index (κ2) is 5.94. The van der Waals surface area contributed by atoms with Crippen molar-refractivity contribution >= 4 is 26.8 Å². The number of nitrogens with zero attached hydrogens (tertiary/aromatic N) is 2. The summed E-state index contributed by atoms with van der Waals surface area (Å²) in [5, 5.41) is 1.48. The molecule has 0 radical (unpaired) electrons. The molecule has 0 saturated heterocycles. The largest absolute Gasteiger partial charge is 1.00 e. The van der Waals surface area contributed by atoms with E-state index in [1.54, 1.807) is 11.3 Å². The van der Waals surface area contributed by atoms with Gasteiger partial charge in [-0.15, -0.1) is 0 Å². The summed E-state index contributed by atoms with van der Waals surface area (Å²) < 4.78 is 3.81. The lowest BCUT2D eigenvalue weighted by molar-refractivity contribution is -0.00000395. The molecule has 0 bridgehead atoms. The van der Waals surface area contributed by atoms with E-state index in [-0.39, 0.29) is 12.4 Å². The van der Waals surface area contributed by atoms with Crippen LogP contribution in [0.2, 0.25) is 0 Å². The molecule has 0 N–H and O–H groups in total. The van der Waals surface area contributed by atoms with Gasteiger partial charge in [-0.25, -0.2) is 0 Å². The van der Waals surface area contributed by atoms with Crippen LogP contribution in [0, 0.1) is 0 Å². The highest BCUT2D eigenvalue weighted by atomic mass is 79.9. The molecule has 1 unspecified atom stereocenters. The maximum absolute atomic E-state index is 3.64. The Morgan fingerprint density at radius 1 is 1.29 bits per heavy atom. The van der Waals surface area contributed by atoms with E-state index in [9.17, 15) is 0 Å². The minimum Gasteiger partial charge on any atom is -1.00 e. The second-order valence-electron chi connectivity index (χ2n) is 6.12. The van der Waals surface area contributed by atoms with Gasteiger partial charge in [-0.3, -0.25) is 4.90 Å². The van der Waals surface area contributed by atoms with Gasteiger partial charge in [0, 0.05) is 34.2 Å². The van der Waals surface area contributed by atoms with Crippen LogP contribution in [0.1, 0.15) is 43.5 Å². The van der Waals surface area contributed by atoms with Gasteiger partial charge in [0.2, 0.25) is 0 Å². The minimum atomic E-state index is 0. The van der Waals surface area contributed by atoms with E-state index in [1.807, 2.05) is 0 Å². The number of fused-ring (bicyclic) bond motifs is 3. The number of benzene rings is 1. The van der Waals surface area contributed by atoms with Gasteiger partial charge in [0.1, 0.15) is 0 Å². The van der Waals surface area contributed by atoms with Crippen LogP contribution in [0.3, 0.4) is 0 Å². The molecular formula is C17H21BrClN2-. The van der Waals surface area contributed by atoms with Crippen LogP contribution in [0.25, 0.3) is 10.9 Å². The molecule has 1 aliphatic heterocycles. The Balaban J connectivity index is 0.00000132. The van der Waals surface area contributed by atoms with Gasteiger partial charge in [-0.2, -0.15) is 0 Å². The van der Waals surface area contributed by atoms with Crippen molar-refractivity contribution in [2.24, 2.45) is 0 Å². The van der Waals surface area contributed by atoms with Crippen molar-refractivity contribution < 1.29 is 12.4 Å². The molecule has 1 aromatic heterocycles. The van der Waals surface area contributed by atoms with Crippen molar-refractivity contribution in [3.8, 4) is 0 Å². The Labute approximate surface area is 141 Å². The molecule has 4 rings (SSSR count). The topological polar surface area (TPSA) is 8.17 Å².